The number of aliphatic hydroxyl groups is 1. The molecule has 0 aliphatic heterocycles. The Morgan fingerprint density at radius 2 is 0.447 bits per heavy atom. The van der Waals surface area contributed by atoms with Crippen molar-refractivity contribution in [3.05, 3.63) is 0 Å². The highest BCUT2D eigenvalue weighted by Crippen LogP contribution is 2.45. The first-order valence-electron chi connectivity index (χ1n) is 48.9. The highest BCUT2D eigenvalue weighted by Gasteiger charge is 2.31. The van der Waals surface area contributed by atoms with Crippen molar-refractivity contribution in [2.75, 3.05) is 39.6 Å². The first kappa shape index (κ1) is 112. The average molecular weight is 1660 g/mol. The number of unbranched alkanes of at least 4 members (excludes halogenated alkanes) is 60. The highest BCUT2D eigenvalue weighted by molar-refractivity contribution is 7.47. The molecule has 678 valence electrons. The highest BCUT2D eigenvalue weighted by atomic mass is 31.2. The third-order valence-electron chi connectivity index (χ3n) is 22.7. The lowest BCUT2D eigenvalue weighted by Gasteiger charge is -2.21. The fourth-order valence-electron chi connectivity index (χ4n) is 14.9. The largest absolute Gasteiger partial charge is 0.472 e. The summed E-state index contributed by atoms with van der Waals surface area (Å²) in [6.45, 7) is 12.2. The van der Waals surface area contributed by atoms with Crippen LogP contribution in [0.15, 0.2) is 0 Å². The molecule has 0 aromatic rings. The van der Waals surface area contributed by atoms with E-state index in [2.05, 4.69) is 48.5 Å². The average Bonchev–Trinajstić information content (AvgIpc) is 0.895. The van der Waals surface area contributed by atoms with E-state index in [0.717, 1.165) is 108 Å². The van der Waals surface area contributed by atoms with Gasteiger partial charge in [0.05, 0.1) is 26.4 Å². The van der Waals surface area contributed by atoms with Gasteiger partial charge in [-0.2, -0.15) is 0 Å². The van der Waals surface area contributed by atoms with Gasteiger partial charge in [-0.15, -0.1) is 0 Å². The van der Waals surface area contributed by atoms with E-state index < -0.39 is 97.5 Å². The number of carbonyl (C=O) groups excluding carboxylic acids is 4. The van der Waals surface area contributed by atoms with Crippen molar-refractivity contribution in [2.24, 2.45) is 17.8 Å². The second-order valence-electron chi connectivity index (χ2n) is 35.3. The van der Waals surface area contributed by atoms with E-state index in [4.69, 9.17) is 37.0 Å². The monoisotopic (exact) mass is 1660 g/mol. The zero-order chi connectivity index (χ0) is 83.6. The molecule has 0 rings (SSSR count). The van der Waals surface area contributed by atoms with E-state index in [0.29, 0.717) is 25.7 Å². The number of carbonyl (C=O) groups is 4. The first-order valence-corrected chi connectivity index (χ1v) is 51.9. The van der Waals surface area contributed by atoms with Gasteiger partial charge < -0.3 is 33.8 Å². The van der Waals surface area contributed by atoms with Crippen molar-refractivity contribution in [3.8, 4) is 0 Å². The van der Waals surface area contributed by atoms with Crippen molar-refractivity contribution in [1.29, 1.82) is 0 Å². The molecule has 19 heteroatoms. The Hall–Kier alpha value is -1.94. The van der Waals surface area contributed by atoms with Crippen LogP contribution in [0.25, 0.3) is 0 Å². The van der Waals surface area contributed by atoms with Gasteiger partial charge in [0.2, 0.25) is 0 Å². The molecule has 0 amide bonds. The quantitative estimate of drug-likeness (QED) is 0.0222. The molecule has 0 heterocycles. The summed E-state index contributed by atoms with van der Waals surface area (Å²) in [6.07, 6.45) is 79.1. The number of hydrogen-bond donors (Lipinski definition) is 3. The van der Waals surface area contributed by atoms with Gasteiger partial charge in [-0.05, 0) is 43.4 Å². The van der Waals surface area contributed by atoms with Crippen LogP contribution in [-0.4, -0.2) is 96.7 Å². The standard InChI is InChI=1S/C95H186O17P2/c1-8-10-11-12-13-14-15-31-41-48-55-62-69-76-92(97)105-82-90(111-95(100)79-72-65-58-51-44-37-30-24-26-33-39-46-53-60-67-74-87(5)6)84-109-113(101,102)107-80-89(96)81-108-114(103,104)110-85-91(83-106-93(98)77-70-63-56-49-42-35-28-22-18-16-20-25-32-38-45-52-59-66-73-86(3)4)112-94(99)78-71-64-57-50-43-36-29-23-19-17-21-27-34-40-47-54-61-68-75-88(7)9-2/h86-91,96H,8-85H2,1-7H3,(H,101,102)(H,103,104)/t88?,89-,90+,91+/m0/s1. The molecule has 0 radical (unpaired) electrons. The summed E-state index contributed by atoms with van der Waals surface area (Å²) in [5.74, 6) is 0.405. The lowest BCUT2D eigenvalue weighted by molar-refractivity contribution is -0.161. The maximum absolute atomic E-state index is 13.2. The molecular weight excluding hydrogens is 1470 g/mol. The van der Waals surface area contributed by atoms with Gasteiger partial charge in [-0.25, -0.2) is 9.13 Å². The Bertz CT molecular complexity index is 2190. The van der Waals surface area contributed by atoms with E-state index in [9.17, 15) is 43.2 Å². The molecule has 0 aliphatic carbocycles. The molecule has 0 spiro atoms. The van der Waals surface area contributed by atoms with Gasteiger partial charge >= 0.3 is 39.5 Å². The predicted octanol–water partition coefficient (Wildman–Crippen LogP) is 29.6. The Morgan fingerprint density at radius 1 is 0.254 bits per heavy atom. The summed E-state index contributed by atoms with van der Waals surface area (Å²) < 4.78 is 69.2. The van der Waals surface area contributed by atoms with Gasteiger partial charge in [0.15, 0.2) is 12.2 Å². The fraction of sp³-hybridized carbons (Fsp3) is 0.958. The van der Waals surface area contributed by atoms with E-state index >= 15 is 0 Å². The molecule has 3 unspecified atom stereocenters. The molecule has 0 saturated heterocycles. The van der Waals surface area contributed by atoms with Crippen LogP contribution in [0.2, 0.25) is 0 Å². The Balaban J connectivity index is 5.26. The summed E-state index contributed by atoms with van der Waals surface area (Å²) in [5, 5.41) is 10.7. The van der Waals surface area contributed by atoms with Crippen LogP contribution in [0, 0.1) is 17.8 Å². The minimum absolute atomic E-state index is 0.108. The van der Waals surface area contributed by atoms with Crippen LogP contribution in [0.4, 0.5) is 0 Å². The number of aliphatic hydroxyl groups excluding tert-OH is 1. The molecule has 17 nitrogen and oxygen atoms in total. The van der Waals surface area contributed by atoms with Crippen LogP contribution >= 0.6 is 15.6 Å². The minimum atomic E-state index is -4.97. The molecule has 0 aromatic heterocycles. The summed E-state index contributed by atoms with van der Waals surface area (Å²) in [5.41, 5.74) is 0. The molecule has 0 saturated carbocycles. The lowest BCUT2D eigenvalue weighted by atomic mass is 9.99. The minimum Gasteiger partial charge on any atom is -0.462 e. The first-order chi connectivity index (χ1) is 55.3. The Morgan fingerprint density at radius 3 is 0.667 bits per heavy atom. The van der Waals surface area contributed by atoms with Crippen LogP contribution < -0.4 is 0 Å². The number of ether oxygens (including phenoxy) is 4. The molecular formula is C95H186O17P2. The summed E-state index contributed by atoms with van der Waals surface area (Å²) >= 11 is 0. The summed E-state index contributed by atoms with van der Waals surface area (Å²) in [7, 11) is -9.94. The number of esters is 4. The van der Waals surface area contributed by atoms with E-state index in [-0.39, 0.29) is 25.7 Å². The molecule has 0 fully saturated rings. The SMILES string of the molecule is CCCCCCCCCCCCCCCC(=O)OC[C@H](COP(=O)(O)OC[C@H](O)COP(=O)(O)OC[C@@H](COC(=O)CCCCCCCCCCCCCCCCCCCCC(C)C)OC(=O)CCCCCCCCCCCCCCCCCCCCC(C)CC)OC(=O)CCCCCCCCCCCCCCCCCC(C)C. The lowest BCUT2D eigenvalue weighted by Crippen LogP contribution is -2.30. The van der Waals surface area contributed by atoms with Crippen molar-refractivity contribution in [1.82, 2.24) is 0 Å². The molecule has 0 aliphatic rings. The molecule has 3 N–H and O–H groups in total. The van der Waals surface area contributed by atoms with Crippen molar-refractivity contribution >= 4 is 39.5 Å². The van der Waals surface area contributed by atoms with Crippen molar-refractivity contribution in [2.45, 2.75) is 529 Å². The number of rotatable bonds is 93. The van der Waals surface area contributed by atoms with E-state index in [1.54, 1.807) is 0 Å². The maximum Gasteiger partial charge on any atom is 0.472 e. The predicted molar refractivity (Wildman–Crippen MR) is 474 cm³/mol. The Labute approximate surface area is 702 Å². The zero-order valence-electron chi connectivity index (χ0n) is 75.6. The Kier molecular flexibility index (Phi) is 83.2. The van der Waals surface area contributed by atoms with Crippen LogP contribution in [0.1, 0.15) is 511 Å². The zero-order valence-corrected chi connectivity index (χ0v) is 77.4. The van der Waals surface area contributed by atoms with Gasteiger partial charge in [0, 0.05) is 25.7 Å². The number of phosphoric ester groups is 2. The van der Waals surface area contributed by atoms with Crippen LogP contribution in [-0.2, 0) is 65.4 Å². The van der Waals surface area contributed by atoms with Crippen LogP contribution in [0.5, 0.6) is 0 Å². The number of hydrogen-bond acceptors (Lipinski definition) is 15. The molecule has 6 atom stereocenters. The maximum atomic E-state index is 13.2. The topological polar surface area (TPSA) is 237 Å². The third-order valence-corrected chi connectivity index (χ3v) is 24.6. The normalized spacial score (nSPS) is 14.0. The van der Waals surface area contributed by atoms with Crippen LogP contribution in [0.3, 0.4) is 0 Å². The van der Waals surface area contributed by atoms with Crippen molar-refractivity contribution in [3.63, 3.8) is 0 Å². The smallest absolute Gasteiger partial charge is 0.462 e. The number of phosphoric acid groups is 2. The molecule has 0 bridgehead atoms. The van der Waals surface area contributed by atoms with Gasteiger partial charge in [-0.3, -0.25) is 37.3 Å². The van der Waals surface area contributed by atoms with Gasteiger partial charge in [-0.1, -0.05) is 459 Å². The van der Waals surface area contributed by atoms with Crippen molar-refractivity contribution < 1.29 is 80.2 Å². The van der Waals surface area contributed by atoms with Gasteiger partial charge in [0.25, 0.3) is 0 Å². The second kappa shape index (κ2) is 84.7. The summed E-state index contributed by atoms with van der Waals surface area (Å²) in [4.78, 5) is 73.6. The van der Waals surface area contributed by atoms with E-state index in [1.807, 2.05) is 0 Å². The molecule has 0 aromatic carbocycles. The molecule has 114 heavy (non-hydrogen) atoms. The second-order valence-corrected chi connectivity index (χ2v) is 38.2. The van der Waals surface area contributed by atoms with Gasteiger partial charge in [0.1, 0.15) is 19.3 Å². The summed E-state index contributed by atoms with van der Waals surface area (Å²) in [6, 6.07) is 0. The van der Waals surface area contributed by atoms with E-state index in [1.165, 1.54) is 321 Å². The third kappa shape index (κ3) is 86.4. The fourth-order valence-corrected chi connectivity index (χ4v) is 16.5.